The smallest absolute Gasteiger partial charge is 0.407 e. The number of nitrogens with one attached hydrogen (secondary N) is 1. The van der Waals surface area contributed by atoms with Crippen molar-refractivity contribution < 1.29 is 42.9 Å². The Kier molecular flexibility index (Phi) is 14.1. The van der Waals surface area contributed by atoms with Crippen LogP contribution in [0, 0.1) is 5.92 Å². The number of benzene rings is 1. The fourth-order valence-electron chi connectivity index (χ4n) is 6.79. The molecule has 12 nitrogen and oxygen atoms in total. The van der Waals surface area contributed by atoms with E-state index in [1.165, 1.54) is 16.9 Å². The Morgan fingerprint density at radius 1 is 1.23 bits per heavy atom. The third kappa shape index (κ3) is 9.64. The second-order valence-electron chi connectivity index (χ2n) is 14.3. The van der Waals surface area contributed by atoms with Crippen LogP contribution in [0.1, 0.15) is 65.9 Å². The van der Waals surface area contributed by atoms with Gasteiger partial charge in [0.25, 0.3) is 0 Å². The van der Waals surface area contributed by atoms with E-state index in [9.17, 15) is 19.2 Å². The zero-order valence-electron chi connectivity index (χ0n) is 31.9. The molecule has 0 aromatic heterocycles. The van der Waals surface area contributed by atoms with Gasteiger partial charge in [0.15, 0.2) is 0 Å². The highest BCUT2D eigenvalue weighted by Crippen LogP contribution is 2.49. The molecule has 3 aliphatic heterocycles. The summed E-state index contributed by atoms with van der Waals surface area (Å²) in [6, 6.07) is 2.38. The Balaban J connectivity index is 1.71. The molecule has 288 valence electrons. The maximum atomic E-state index is 14.1. The Morgan fingerprint density at radius 3 is 2.60 bits per heavy atom. The van der Waals surface area contributed by atoms with Crippen molar-refractivity contribution in [2.75, 3.05) is 39.5 Å². The Hall–Kier alpha value is -3.26. The van der Waals surface area contributed by atoms with E-state index in [2.05, 4.69) is 5.32 Å². The van der Waals surface area contributed by atoms with Crippen LogP contribution >= 0.6 is 23.4 Å². The highest BCUT2D eigenvalue weighted by molar-refractivity contribution is 7.99. The highest BCUT2D eigenvalue weighted by atomic mass is 35.5. The lowest BCUT2D eigenvalue weighted by atomic mass is 9.84. The number of hydrogen-bond donors (Lipinski definition) is 1. The van der Waals surface area contributed by atoms with E-state index in [1.807, 2.05) is 57.4 Å². The number of anilines is 1. The van der Waals surface area contributed by atoms with Crippen molar-refractivity contribution >= 4 is 52.9 Å². The minimum absolute atomic E-state index is 0.179. The van der Waals surface area contributed by atoms with Crippen LogP contribution in [0.5, 0.6) is 5.75 Å². The van der Waals surface area contributed by atoms with Crippen LogP contribution in [0.15, 0.2) is 35.9 Å². The third-order valence-corrected chi connectivity index (χ3v) is 12.0. The standard InChI is InChI=1S/C38H54ClN3O9S/c1-21-12-11-13-28(47-8)26-19-29(49-37(46)40-26)23(3)35-38(5,51-35)31(50-36(45)24(4)41(6)32(43)15-14-22(2)52-10)20-33(44)42(7)27-17-25(16-21)18-30(48-9)34(27)39/h11-13,17-18,22-24,26,28-29,31,35H,14-16,19-20H2,1-10H3,(H,40,46)/b13-11+,21-12+/t22?,23-,24+,26?,28-,29+,31+,35+,38+/m1/s1. The zero-order chi connectivity index (χ0) is 38.5. The number of hydrogen-bond acceptors (Lipinski definition) is 10. The number of epoxide rings is 1. The number of likely N-dealkylation sites (N-methyl/N-ethyl adjacent to an activating group) is 1. The number of halogens is 1. The summed E-state index contributed by atoms with van der Waals surface area (Å²) in [6.07, 6.45) is 6.31. The molecule has 3 amide bonds. The monoisotopic (exact) mass is 763 g/mol. The summed E-state index contributed by atoms with van der Waals surface area (Å²) >= 11 is 8.45. The van der Waals surface area contributed by atoms with Crippen LogP contribution in [0.4, 0.5) is 10.5 Å². The Bertz CT molecular complexity index is 1560. The summed E-state index contributed by atoms with van der Waals surface area (Å²) < 4.78 is 29.6. The van der Waals surface area contributed by atoms with Crippen LogP contribution in [-0.2, 0) is 39.8 Å². The molecular weight excluding hydrogens is 710 g/mol. The van der Waals surface area contributed by atoms with Crippen LogP contribution in [0.3, 0.4) is 0 Å². The van der Waals surface area contributed by atoms with Crippen molar-refractivity contribution in [3.05, 3.63) is 46.5 Å². The SMILES string of the molecule is COc1cc2cc(c1Cl)N(C)C(=O)C[C@H](OC(=O)[C@H](C)N(C)C(=O)CCC(C)SC)[C@]1(C)O[C@H]1[C@H](C)[C@@H]1CC(NC(=O)O1)[C@H](OC)/C=C/C=C(\C)C2. The van der Waals surface area contributed by atoms with Crippen molar-refractivity contribution in [1.82, 2.24) is 10.2 Å². The van der Waals surface area contributed by atoms with Crippen molar-refractivity contribution in [3.63, 3.8) is 0 Å². The first kappa shape index (κ1) is 41.5. The van der Waals surface area contributed by atoms with Gasteiger partial charge in [-0.25, -0.2) is 9.59 Å². The molecule has 3 aliphatic rings. The van der Waals surface area contributed by atoms with E-state index in [0.29, 0.717) is 35.9 Å². The van der Waals surface area contributed by atoms with Gasteiger partial charge in [0.2, 0.25) is 11.8 Å². The minimum Gasteiger partial charge on any atom is -0.495 e. The molecule has 4 bridgehead atoms. The quantitative estimate of drug-likeness (QED) is 0.246. The number of thioether (sulfide) groups is 1. The molecule has 9 atom stereocenters. The molecule has 0 aliphatic carbocycles. The van der Waals surface area contributed by atoms with Crippen molar-refractivity contribution in [2.45, 2.75) is 114 Å². The first-order valence-electron chi connectivity index (χ1n) is 17.7. The average molecular weight is 764 g/mol. The summed E-state index contributed by atoms with van der Waals surface area (Å²) in [5, 5.41) is 3.45. The molecule has 52 heavy (non-hydrogen) atoms. The maximum absolute atomic E-state index is 14.1. The number of allylic oxidation sites excluding steroid dienone is 3. The summed E-state index contributed by atoms with van der Waals surface area (Å²) in [7, 11) is 6.29. The molecule has 2 unspecified atom stereocenters. The zero-order valence-corrected chi connectivity index (χ0v) is 33.5. The van der Waals surface area contributed by atoms with E-state index < -0.39 is 48.1 Å². The lowest BCUT2D eigenvalue weighted by Crippen LogP contribution is -2.53. The molecular formula is C38H54ClN3O9S. The number of rotatable bonds is 9. The normalized spacial score (nSPS) is 30.8. The third-order valence-electron chi connectivity index (χ3n) is 10.6. The number of carbonyl (C=O) groups is 4. The van der Waals surface area contributed by atoms with Crippen LogP contribution in [-0.4, -0.2) is 111 Å². The molecule has 0 radical (unpaired) electrons. The Labute approximate surface area is 316 Å². The fourth-order valence-corrected chi connectivity index (χ4v) is 7.45. The van der Waals surface area contributed by atoms with Gasteiger partial charge in [-0.3, -0.25) is 9.59 Å². The van der Waals surface area contributed by atoms with E-state index in [1.54, 1.807) is 46.8 Å². The van der Waals surface area contributed by atoms with Crippen molar-refractivity contribution in [2.24, 2.45) is 5.92 Å². The summed E-state index contributed by atoms with van der Waals surface area (Å²) in [5.41, 5.74) is 1.21. The van der Waals surface area contributed by atoms with E-state index in [-0.39, 0.29) is 41.6 Å². The van der Waals surface area contributed by atoms with Gasteiger partial charge in [-0.05, 0) is 57.6 Å². The van der Waals surface area contributed by atoms with Gasteiger partial charge >= 0.3 is 12.1 Å². The molecule has 1 aromatic carbocycles. The van der Waals surface area contributed by atoms with Gasteiger partial charge in [-0.1, -0.05) is 49.2 Å². The average Bonchev–Trinajstić information content (AvgIpc) is 3.82. The van der Waals surface area contributed by atoms with Gasteiger partial charge in [0.05, 0.1) is 37.5 Å². The minimum atomic E-state index is -1.11. The lowest BCUT2D eigenvalue weighted by molar-refractivity contribution is -0.162. The molecule has 14 heteroatoms. The van der Waals surface area contributed by atoms with Gasteiger partial charge in [-0.2, -0.15) is 11.8 Å². The number of methoxy groups -OCH3 is 2. The van der Waals surface area contributed by atoms with Crippen LogP contribution in [0.2, 0.25) is 5.02 Å². The molecule has 2 fully saturated rings. The number of amides is 3. The predicted molar refractivity (Wildman–Crippen MR) is 202 cm³/mol. The Morgan fingerprint density at radius 2 is 1.94 bits per heavy atom. The lowest BCUT2D eigenvalue weighted by Gasteiger charge is -2.36. The van der Waals surface area contributed by atoms with Gasteiger partial charge in [0, 0.05) is 45.2 Å². The number of carbonyl (C=O) groups excluding carboxylic acids is 4. The largest absolute Gasteiger partial charge is 0.495 e. The second-order valence-corrected chi connectivity index (χ2v) is 15.9. The molecule has 0 saturated carbocycles. The van der Waals surface area contributed by atoms with E-state index in [4.69, 9.17) is 35.3 Å². The fraction of sp³-hybridized carbons (Fsp3) is 0.632. The van der Waals surface area contributed by atoms with Crippen molar-refractivity contribution in [1.29, 1.82) is 0 Å². The van der Waals surface area contributed by atoms with E-state index in [0.717, 1.165) is 11.1 Å². The molecule has 1 aromatic rings. The number of esters is 1. The number of nitrogens with zero attached hydrogens (tertiary/aromatic N) is 2. The van der Waals surface area contributed by atoms with Crippen LogP contribution < -0.4 is 15.0 Å². The van der Waals surface area contributed by atoms with Crippen LogP contribution in [0.25, 0.3) is 0 Å². The number of ether oxygens (including phenoxy) is 5. The molecule has 0 spiro atoms. The molecule has 3 heterocycles. The number of alkyl carbamates (subject to hydrolysis) is 1. The predicted octanol–water partition coefficient (Wildman–Crippen LogP) is 5.73. The van der Waals surface area contributed by atoms with Crippen molar-refractivity contribution in [3.8, 4) is 5.75 Å². The summed E-state index contributed by atoms with van der Waals surface area (Å²) in [4.78, 5) is 56.5. The topological polar surface area (TPSA) is 136 Å². The highest BCUT2D eigenvalue weighted by Gasteiger charge is 2.64. The second kappa shape index (κ2) is 17.7. The first-order valence-corrected chi connectivity index (χ1v) is 19.3. The van der Waals surface area contributed by atoms with Gasteiger partial charge in [-0.15, -0.1) is 0 Å². The molecule has 4 rings (SSSR count). The first-order chi connectivity index (χ1) is 24.5. The summed E-state index contributed by atoms with van der Waals surface area (Å²) in [6.45, 7) is 9.35. The molecule has 2 saturated heterocycles. The number of fused-ring (bicyclic) bond motifs is 5. The van der Waals surface area contributed by atoms with Gasteiger partial charge < -0.3 is 38.8 Å². The van der Waals surface area contributed by atoms with E-state index >= 15 is 0 Å². The maximum Gasteiger partial charge on any atom is 0.407 e. The molecule has 1 N–H and O–H groups in total. The van der Waals surface area contributed by atoms with Gasteiger partial charge in [0.1, 0.15) is 34.6 Å². The summed E-state index contributed by atoms with van der Waals surface area (Å²) in [5.74, 6) is -1.15.